The number of urea groups is 1. The molecule has 0 aromatic carbocycles. The molecule has 0 aliphatic carbocycles. The molecule has 112 valence electrons. The van der Waals surface area contributed by atoms with Crippen LogP contribution in [0.3, 0.4) is 0 Å². The van der Waals surface area contributed by atoms with E-state index in [0.29, 0.717) is 12.2 Å². The number of nitrogens with zero attached hydrogens (tertiary/aromatic N) is 4. The Kier molecular flexibility index (Phi) is 3.50. The molecule has 21 heavy (non-hydrogen) atoms. The maximum atomic E-state index is 12.3. The van der Waals surface area contributed by atoms with Gasteiger partial charge in [-0.15, -0.1) is 0 Å². The molecule has 0 bridgehead atoms. The molecule has 0 unspecified atom stereocenters. The van der Waals surface area contributed by atoms with Crippen LogP contribution in [-0.4, -0.2) is 50.0 Å². The van der Waals surface area contributed by atoms with E-state index < -0.39 is 0 Å². The lowest BCUT2D eigenvalue weighted by molar-refractivity contribution is 0.166. The number of fused-ring (bicyclic) bond motifs is 1. The molecule has 2 aromatic heterocycles. The number of carbonyl (C=O) groups excluding carboxylic acids is 1. The number of hydrogen-bond acceptors (Lipinski definition) is 4. The number of carbonyl (C=O) groups is 1. The van der Waals surface area contributed by atoms with Crippen molar-refractivity contribution in [1.29, 1.82) is 0 Å². The van der Waals surface area contributed by atoms with E-state index in [1.165, 1.54) is 0 Å². The van der Waals surface area contributed by atoms with Gasteiger partial charge in [-0.3, -0.25) is 4.68 Å². The molecule has 2 aromatic rings. The molecule has 2 N–H and O–H groups in total. The number of anilines is 1. The van der Waals surface area contributed by atoms with Crippen LogP contribution < -0.4 is 5.32 Å². The molecule has 3 rings (SSSR count). The maximum absolute atomic E-state index is 12.3. The number of amides is 2. The van der Waals surface area contributed by atoms with Gasteiger partial charge < -0.3 is 15.3 Å². The molecule has 1 aliphatic heterocycles. The van der Waals surface area contributed by atoms with Crippen LogP contribution in [0.5, 0.6) is 0 Å². The van der Waals surface area contributed by atoms with Crippen LogP contribution in [0.4, 0.5) is 10.5 Å². The SMILES string of the molecule is Cc1nn(C)c2ncc(NC(=O)N3CCC[C@H]3CO)cc12. The Morgan fingerprint density at radius 2 is 2.38 bits per heavy atom. The van der Waals surface area contributed by atoms with Crippen LogP contribution in [0.2, 0.25) is 0 Å². The second kappa shape index (κ2) is 5.33. The van der Waals surface area contributed by atoms with Crippen LogP contribution in [0.1, 0.15) is 18.5 Å². The number of aliphatic hydroxyl groups excluding tert-OH is 1. The van der Waals surface area contributed by atoms with Crippen LogP contribution >= 0.6 is 0 Å². The van der Waals surface area contributed by atoms with Gasteiger partial charge in [0, 0.05) is 19.0 Å². The Morgan fingerprint density at radius 3 is 3.14 bits per heavy atom. The number of aryl methyl sites for hydroxylation is 2. The van der Waals surface area contributed by atoms with Gasteiger partial charge in [-0.1, -0.05) is 0 Å². The van der Waals surface area contributed by atoms with E-state index in [0.717, 1.165) is 29.6 Å². The Balaban J connectivity index is 1.81. The topological polar surface area (TPSA) is 83.3 Å². The summed E-state index contributed by atoms with van der Waals surface area (Å²) in [6.07, 6.45) is 3.41. The first kappa shape index (κ1) is 13.8. The molecule has 1 aliphatic rings. The van der Waals surface area contributed by atoms with Crippen molar-refractivity contribution >= 4 is 22.8 Å². The van der Waals surface area contributed by atoms with E-state index in [1.807, 2.05) is 20.0 Å². The first-order chi connectivity index (χ1) is 10.1. The Morgan fingerprint density at radius 1 is 1.57 bits per heavy atom. The molecule has 1 atom stereocenters. The van der Waals surface area contributed by atoms with E-state index in [4.69, 9.17) is 0 Å². The fourth-order valence-electron chi connectivity index (χ4n) is 2.86. The van der Waals surface area contributed by atoms with Crippen molar-refractivity contribution in [3.8, 4) is 0 Å². The van der Waals surface area contributed by atoms with Gasteiger partial charge in [-0.2, -0.15) is 5.10 Å². The predicted molar refractivity (Wildman–Crippen MR) is 79.1 cm³/mol. The molecule has 0 spiro atoms. The van der Waals surface area contributed by atoms with Gasteiger partial charge in [0.05, 0.1) is 30.2 Å². The number of likely N-dealkylation sites (tertiary alicyclic amines) is 1. The summed E-state index contributed by atoms with van der Waals surface area (Å²) < 4.78 is 1.72. The van der Waals surface area contributed by atoms with E-state index in [-0.39, 0.29) is 18.7 Å². The number of pyridine rings is 1. The summed E-state index contributed by atoms with van der Waals surface area (Å²) in [6, 6.07) is 1.61. The monoisotopic (exact) mass is 289 g/mol. The quantitative estimate of drug-likeness (QED) is 0.872. The third-order valence-electron chi connectivity index (χ3n) is 3.96. The Bertz CT molecular complexity index is 681. The lowest BCUT2D eigenvalue weighted by Gasteiger charge is -2.23. The number of hydrogen-bond donors (Lipinski definition) is 2. The zero-order valence-corrected chi connectivity index (χ0v) is 12.2. The van der Waals surface area contributed by atoms with Gasteiger partial charge in [-0.05, 0) is 25.8 Å². The average Bonchev–Trinajstić information content (AvgIpc) is 3.04. The van der Waals surface area contributed by atoms with Crippen molar-refractivity contribution in [2.75, 3.05) is 18.5 Å². The van der Waals surface area contributed by atoms with E-state index >= 15 is 0 Å². The zero-order chi connectivity index (χ0) is 15.0. The molecule has 7 nitrogen and oxygen atoms in total. The molecule has 3 heterocycles. The van der Waals surface area contributed by atoms with E-state index in [9.17, 15) is 9.90 Å². The van der Waals surface area contributed by atoms with Crippen molar-refractivity contribution in [2.45, 2.75) is 25.8 Å². The lowest BCUT2D eigenvalue weighted by Crippen LogP contribution is -2.40. The van der Waals surface area contributed by atoms with Crippen LogP contribution in [0, 0.1) is 6.92 Å². The number of rotatable bonds is 2. The normalized spacial score (nSPS) is 18.4. The standard InChI is InChI=1S/C14H19N5O2/c1-9-12-6-10(7-15-13(12)18(2)17-9)16-14(21)19-5-3-4-11(19)8-20/h6-7,11,20H,3-5,8H2,1-2H3,(H,16,21)/t11-/m0/s1. The maximum Gasteiger partial charge on any atom is 0.322 e. The number of nitrogens with one attached hydrogen (secondary N) is 1. The van der Waals surface area contributed by atoms with E-state index in [2.05, 4.69) is 15.4 Å². The van der Waals surface area contributed by atoms with Crippen LogP contribution in [0.25, 0.3) is 11.0 Å². The van der Waals surface area contributed by atoms with Gasteiger partial charge >= 0.3 is 6.03 Å². The van der Waals surface area contributed by atoms with Gasteiger partial charge in [0.1, 0.15) is 0 Å². The van der Waals surface area contributed by atoms with Crippen molar-refractivity contribution in [3.63, 3.8) is 0 Å². The largest absolute Gasteiger partial charge is 0.394 e. The molecular weight excluding hydrogens is 270 g/mol. The third-order valence-corrected chi connectivity index (χ3v) is 3.96. The smallest absolute Gasteiger partial charge is 0.322 e. The summed E-state index contributed by atoms with van der Waals surface area (Å²) in [4.78, 5) is 18.3. The Hall–Kier alpha value is -2.15. The summed E-state index contributed by atoms with van der Waals surface area (Å²) in [5.41, 5.74) is 2.32. The van der Waals surface area contributed by atoms with Crippen molar-refractivity contribution in [1.82, 2.24) is 19.7 Å². The summed E-state index contributed by atoms with van der Waals surface area (Å²) >= 11 is 0. The lowest BCUT2D eigenvalue weighted by atomic mass is 10.2. The van der Waals surface area contributed by atoms with Gasteiger partial charge in [0.25, 0.3) is 0 Å². The second-order valence-corrected chi connectivity index (χ2v) is 5.41. The predicted octanol–water partition coefficient (Wildman–Crippen LogP) is 1.27. The molecule has 0 saturated carbocycles. The fraction of sp³-hybridized carbons (Fsp3) is 0.500. The van der Waals surface area contributed by atoms with Crippen molar-refractivity contribution in [2.24, 2.45) is 7.05 Å². The van der Waals surface area contributed by atoms with Crippen molar-refractivity contribution in [3.05, 3.63) is 18.0 Å². The first-order valence-corrected chi connectivity index (χ1v) is 7.08. The Labute approximate surface area is 122 Å². The zero-order valence-electron chi connectivity index (χ0n) is 12.2. The van der Waals surface area contributed by atoms with Crippen LogP contribution in [-0.2, 0) is 7.05 Å². The van der Waals surface area contributed by atoms with Gasteiger partial charge in [-0.25, -0.2) is 9.78 Å². The third kappa shape index (κ3) is 2.44. The summed E-state index contributed by atoms with van der Waals surface area (Å²) in [5, 5.41) is 17.4. The molecule has 2 amide bonds. The van der Waals surface area contributed by atoms with Crippen molar-refractivity contribution < 1.29 is 9.90 Å². The van der Waals surface area contributed by atoms with Gasteiger partial charge in [0.2, 0.25) is 0 Å². The summed E-state index contributed by atoms with van der Waals surface area (Å²) in [5.74, 6) is 0. The van der Waals surface area contributed by atoms with E-state index in [1.54, 1.807) is 15.8 Å². The molecule has 1 fully saturated rings. The summed E-state index contributed by atoms with van der Waals surface area (Å²) in [6.45, 7) is 2.60. The second-order valence-electron chi connectivity index (χ2n) is 5.41. The first-order valence-electron chi connectivity index (χ1n) is 7.08. The highest BCUT2D eigenvalue weighted by Gasteiger charge is 2.28. The number of aliphatic hydroxyl groups is 1. The summed E-state index contributed by atoms with van der Waals surface area (Å²) in [7, 11) is 1.84. The molecule has 1 saturated heterocycles. The highest BCUT2D eigenvalue weighted by atomic mass is 16.3. The van der Waals surface area contributed by atoms with Crippen LogP contribution in [0.15, 0.2) is 12.3 Å². The fourth-order valence-corrected chi connectivity index (χ4v) is 2.86. The minimum absolute atomic E-state index is 0.00637. The highest BCUT2D eigenvalue weighted by Crippen LogP contribution is 2.21. The molecule has 0 radical (unpaired) electrons. The van der Waals surface area contributed by atoms with Gasteiger partial charge in [0.15, 0.2) is 5.65 Å². The number of aromatic nitrogens is 3. The average molecular weight is 289 g/mol. The molecular formula is C14H19N5O2. The highest BCUT2D eigenvalue weighted by molar-refractivity contribution is 5.92. The molecule has 7 heteroatoms. The minimum atomic E-state index is -0.186. The minimum Gasteiger partial charge on any atom is -0.394 e.